The second-order valence-corrected chi connectivity index (χ2v) is 8.34. The number of carbonyl (C=O) groups is 1. The summed E-state index contributed by atoms with van der Waals surface area (Å²) in [5.74, 6) is 1.28. The van der Waals surface area contributed by atoms with Gasteiger partial charge in [0.05, 0.1) is 17.2 Å². The number of imidazole rings is 1. The lowest BCUT2D eigenvalue weighted by Gasteiger charge is -2.33. The highest BCUT2D eigenvalue weighted by atomic mass is 16.4. The highest BCUT2D eigenvalue weighted by Crippen LogP contribution is 2.31. The third-order valence-corrected chi connectivity index (χ3v) is 6.25. The molecule has 7 nitrogen and oxygen atoms in total. The first-order valence-electron chi connectivity index (χ1n) is 11.0. The van der Waals surface area contributed by atoms with Crippen LogP contribution in [0.15, 0.2) is 70.0 Å². The number of aromatic nitrogens is 3. The van der Waals surface area contributed by atoms with Gasteiger partial charge in [-0.25, -0.2) is 9.78 Å². The van der Waals surface area contributed by atoms with Crippen LogP contribution in [0.1, 0.15) is 42.5 Å². The Labute approximate surface area is 185 Å². The summed E-state index contributed by atoms with van der Waals surface area (Å²) in [6.07, 6.45) is 5.18. The molecule has 0 radical (unpaired) electrons. The number of rotatable bonds is 5. The predicted octanol–water partition coefficient (Wildman–Crippen LogP) is 3.67. The van der Waals surface area contributed by atoms with Crippen molar-refractivity contribution in [2.75, 3.05) is 6.54 Å². The van der Waals surface area contributed by atoms with E-state index < -0.39 is 0 Å². The maximum absolute atomic E-state index is 13.3. The molecule has 0 aliphatic carbocycles. The van der Waals surface area contributed by atoms with Crippen LogP contribution in [-0.2, 0) is 24.8 Å². The van der Waals surface area contributed by atoms with Crippen LogP contribution in [-0.4, -0.2) is 31.5 Å². The summed E-state index contributed by atoms with van der Waals surface area (Å²) in [4.78, 5) is 32.4. The molecule has 1 amide bonds. The van der Waals surface area contributed by atoms with Gasteiger partial charge < -0.3 is 9.32 Å². The molecule has 0 spiro atoms. The van der Waals surface area contributed by atoms with Gasteiger partial charge in [0.15, 0.2) is 0 Å². The van der Waals surface area contributed by atoms with E-state index in [-0.39, 0.29) is 24.2 Å². The van der Waals surface area contributed by atoms with Crippen LogP contribution in [0.4, 0.5) is 0 Å². The minimum absolute atomic E-state index is 0.00820. The molecule has 1 aliphatic heterocycles. The number of fused-ring (bicyclic) bond motifs is 1. The molecule has 1 atom stereocenters. The Balaban J connectivity index is 1.38. The van der Waals surface area contributed by atoms with Gasteiger partial charge in [0.1, 0.15) is 18.3 Å². The van der Waals surface area contributed by atoms with Crippen LogP contribution >= 0.6 is 0 Å². The second-order valence-electron chi connectivity index (χ2n) is 8.34. The zero-order valence-electron chi connectivity index (χ0n) is 18.1. The average Bonchev–Trinajstić information content (AvgIpc) is 3.39. The molecule has 1 unspecified atom stereocenters. The molecule has 1 saturated heterocycles. The van der Waals surface area contributed by atoms with Crippen molar-refractivity contribution in [2.45, 2.75) is 38.3 Å². The number of hydrogen-bond acceptors (Lipinski definition) is 4. The summed E-state index contributed by atoms with van der Waals surface area (Å²) in [6, 6.07) is 17.4. The van der Waals surface area contributed by atoms with E-state index in [0.717, 1.165) is 41.6 Å². The van der Waals surface area contributed by atoms with Crippen molar-refractivity contribution >= 4 is 16.9 Å². The van der Waals surface area contributed by atoms with E-state index in [1.165, 1.54) is 0 Å². The maximum Gasteiger partial charge on any atom is 0.329 e. The third-order valence-electron chi connectivity index (χ3n) is 6.25. The molecule has 32 heavy (non-hydrogen) atoms. The third kappa shape index (κ3) is 3.75. The summed E-state index contributed by atoms with van der Waals surface area (Å²) in [5.41, 5.74) is 2.55. The van der Waals surface area contributed by atoms with Gasteiger partial charge in [0, 0.05) is 20.0 Å². The summed E-state index contributed by atoms with van der Waals surface area (Å²) in [5, 5.41) is 0. The number of aryl methyl sites for hydroxylation is 1. The molecule has 0 N–H and O–H groups in total. The lowest BCUT2D eigenvalue weighted by molar-refractivity contribution is -0.136. The molecule has 2 aromatic carbocycles. The fourth-order valence-electron chi connectivity index (χ4n) is 4.58. The SMILES string of the molecule is Cn1c(=O)n(CC(=O)N2CCCCC2c2ncc(Cc3ccccc3)o2)c2ccccc21. The summed E-state index contributed by atoms with van der Waals surface area (Å²) < 4.78 is 9.22. The molecule has 1 fully saturated rings. The molecule has 3 heterocycles. The van der Waals surface area contributed by atoms with Gasteiger partial charge >= 0.3 is 5.69 Å². The Morgan fingerprint density at radius 3 is 2.62 bits per heavy atom. The first kappa shape index (κ1) is 20.3. The van der Waals surface area contributed by atoms with E-state index in [0.29, 0.717) is 18.9 Å². The van der Waals surface area contributed by atoms with E-state index in [9.17, 15) is 9.59 Å². The highest BCUT2D eigenvalue weighted by molar-refractivity contribution is 5.81. The molecule has 0 bridgehead atoms. The van der Waals surface area contributed by atoms with Crippen molar-refractivity contribution in [3.05, 3.63) is 88.5 Å². The first-order chi connectivity index (χ1) is 15.6. The van der Waals surface area contributed by atoms with Crippen LogP contribution in [0, 0.1) is 0 Å². The van der Waals surface area contributed by atoms with Crippen LogP contribution in [0.3, 0.4) is 0 Å². The molecule has 2 aromatic heterocycles. The second kappa shape index (κ2) is 8.49. The maximum atomic E-state index is 13.3. The number of nitrogens with zero attached hydrogens (tertiary/aromatic N) is 4. The number of amides is 1. The van der Waals surface area contributed by atoms with E-state index >= 15 is 0 Å². The van der Waals surface area contributed by atoms with Crippen LogP contribution in [0.25, 0.3) is 11.0 Å². The Bertz CT molecular complexity index is 1300. The molecular weight excluding hydrogens is 404 g/mol. The number of para-hydroxylation sites is 2. The van der Waals surface area contributed by atoms with E-state index in [2.05, 4.69) is 17.1 Å². The molecule has 5 rings (SSSR count). The number of piperidine rings is 1. The van der Waals surface area contributed by atoms with Gasteiger partial charge in [-0.1, -0.05) is 42.5 Å². The highest BCUT2D eigenvalue weighted by Gasteiger charge is 2.32. The number of benzene rings is 2. The van der Waals surface area contributed by atoms with Crippen LogP contribution in [0.2, 0.25) is 0 Å². The van der Waals surface area contributed by atoms with Crippen molar-refractivity contribution in [3.63, 3.8) is 0 Å². The van der Waals surface area contributed by atoms with Crippen molar-refractivity contribution < 1.29 is 9.21 Å². The molecule has 7 heteroatoms. The summed E-state index contributed by atoms with van der Waals surface area (Å²) >= 11 is 0. The van der Waals surface area contributed by atoms with Gasteiger partial charge in [0.2, 0.25) is 11.8 Å². The van der Waals surface area contributed by atoms with Crippen molar-refractivity contribution in [3.8, 4) is 0 Å². The standard InChI is InChI=1S/C25H26N4O3/c1-27-20-11-5-6-12-21(20)29(25(27)31)17-23(30)28-14-8-7-13-22(28)24-26-16-19(32-24)15-18-9-3-2-4-10-18/h2-6,9-12,16,22H,7-8,13-15,17H2,1H3. The quantitative estimate of drug-likeness (QED) is 0.484. The van der Waals surface area contributed by atoms with E-state index in [1.54, 1.807) is 22.4 Å². The molecule has 4 aromatic rings. The fraction of sp³-hybridized carbons (Fsp3) is 0.320. The summed E-state index contributed by atoms with van der Waals surface area (Å²) in [7, 11) is 1.73. The molecule has 164 valence electrons. The zero-order valence-corrected chi connectivity index (χ0v) is 18.1. The number of hydrogen-bond donors (Lipinski definition) is 0. The van der Waals surface area contributed by atoms with Crippen molar-refractivity contribution in [1.82, 2.24) is 19.0 Å². The van der Waals surface area contributed by atoms with Crippen molar-refractivity contribution in [2.24, 2.45) is 7.05 Å². The number of likely N-dealkylation sites (tertiary alicyclic amines) is 1. The Morgan fingerprint density at radius 2 is 1.81 bits per heavy atom. The van der Waals surface area contributed by atoms with Gasteiger partial charge in [-0.15, -0.1) is 0 Å². The number of carbonyl (C=O) groups excluding carboxylic acids is 1. The predicted molar refractivity (Wildman–Crippen MR) is 121 cm³/mol. The molecular formula is C25H26N4O3. The minimum Gasteiger partial charge on any atom is -0.443 e. The Kier molecular flexibility index (Phi) is 5.39. The van der Waals surface area contributed by atoms with Gasteiger partial charge in [-0.05, 0) is 37.0 Å². The Hall–Kier alpha value is -3.61. The van der Waals surface area contributed by atoms with Crippen LogP contribution in [0.5, 0.6) is 0 Å². The van der Waals surface area contributed by atoms with Crippen molar-refractivity contribution in [1.29, 1.82) is 0 Å². The Morgan fingerprint density at radius 1 is 1.06 bits per heavy atom. The van der Waals surface area contributed by atoms with Gasteiger partial charge in [0.25, 0.3) is 0 Å². The monoisotopic (exact) mass is 430 g/mol. The first-order valence-corrected chi connectivity index (χ1v) is 11.0. The number of oxazole rings is 1. The lowest BCUT2D eigenvalue weighted by Crippen LogP contribution is -2.41. The van der Waals surface area contributed by atoms with Gasteiger partial charge in [-0.2, -0.15) is 0 Å². The minimum atomic E-state index is -0.202. The fourth-order valence-corrected chi connectivity index (χ4v) is 4.58. The summed E-state index contributed by atoms with van der Waals surface area (Å²) in [6.45, 7) is 0.647. The molecule has 0 saturated carbocycles. The topological polar surface area (TPSA) is 73.3 Å². The molecule has 1 aliphatic rings. The normalized spacial score (nSPS) is 16.5. The lowest BCUT2D eigenvalue weighted by atomic mass is 10.0. The van der Waals surface area contributed by atoms with Crippen LogP contribution < -0.4 is 5.69 Å². The zero-order chi connectivity index (χ0) is 22.1. The smallest absolute Gasteiger partial charge is 0.329 e. The average molecular weight is 431 g/mol. The van der Waals surface area contributed by atoms with E-state index in [1.807, 2.05) is 47.4 Å². The van der Waals surface area contributed by atoms with Gasteiger partial charge in [-0.3, -0.25) is 13.9 Å². The van der Waals surface area contributed by atoms with E-state index in [4.69, 9.17) is 4.42 Å². The largest absolute Gasteiger partial charge is 0.443 e.